The number of aromatic hydroxyl groups is 1. The zero-order chi connectivity index (χ0) is 18.2. The first-order chi connectivity index (χ1) is 11.8. The van der Waals surface area contributed by atoms with Gasteiger partial charge >= 0.3 is 0 Å². The van der Waals surface area contributed by atoms with Crippen LogP contribution in [0.25, 0.3) is 0 Å². The first kappa shape index (κ1) is 17.7. The van der Waals surface area contributed by atoms with Gasteiger partial charge in [-0.15, -0.1) is 0 Å². The summed E-state index contributed by atoms with van der Waals surface area (Å²) in [6.45, 7) is 4.60. The number of hydrogen-bond donors (Lipinski definition) is 2. The van der Waals surface area contributed by atoms with Crippen molar-refractivity contribution in [2.24, 2.45) is 0 Å². The Kier molecular flexibility index (Phi) is 4.45. The second-order valence-electron chi connectivity index (χ2n) is 7.52. The molecule has 7 nitrogen and oxygen atoms in total. The Labute approximate surface area is 147 Å². The molecule has 0 aromatic carbocycles. The molecule has 136 valence electrons. The van der Waals surface area contributed by atoms with Crippen LogP contribution in [0.15, 0.2) is 18.5 Å². The van der Waals surface area contributed by atoms with Crippen LogP contribution >= 0.6 is 0 Å². The van der Waals surface area contributed by atoms with Crippen LogP contribution in [0.2, 0.25) is 0 Å². The maximum atomic E-state index is 13.1. The second-order valence-corrected chi connectivity index (χ2v) is 7.52. The lowest BCUT2D eigenvalue weighted by molar-refractivity contribution is -0.126. The number of nitrogens with one attached hydrogen (secondary N) is 1. The van der Waals surface area contributed by atoms with Gasteiger partial charge in [-0.05, 0) is 32.8 Å². The molecular formula is C18H25N3O4. The molecular weight excluding hydrogens is 322 g/mol. The summed E-state index contributed by atoms with van der Waals surface area (Å²) in [5.74, 6) is -0.312. The largest absolute Gasteiger partial charge is 0.506 e. The molecule has 1 spiro atoms. The summed E-state index contributed by atoms with van der Waals surface area (Å²) >= 11 is 0. The van der Waals surface area contributed by atoms with E-state index in [1.165, 1.54) is 18.5 Å². The van der Waals surface area contributed by atoms with Crippen LogP contribution in [0.4, 0.5) is 0 Å². The van der Waals surface area contributed by atoms with E-state index in [0.29, 0.717) is 18.5 Å². The lowest BCUT2D eigenvalue weighted by Gasteiger charge is -2.38. The minimum absolute atomic E-state index is 0.0380. The summed E-state index contributed by atoms with van der Waals surface area (Å²) in [6, 6.07) is 1.43. The third kappa shape index (κ3) is 3.20. The Hall–Kier alpha value is -2.15. The van der Waals surface area contributed by atoms with Crippen molar-refractivity contribution in [1.82, 2.24) is 15.2 Å². The highest BCUT2D eigenvalue weighted by atomic mass is 16.5. The van der Waals surface area contributed by atoms with Crippen LogP contribution in [0.1, 0.15) is 49.9 Å². The predicted molar refractivity (Wildman–Crippen MR) is 91.2 cm³/mol. The zero-order valence-electron chi connectivity index (χ0n) is 14.9. The first-order valence-corrected chi connectivity index (χ1v) is 8.62. The Morgan fingerprint density at radius 1 is 1.44 bits per heavy atom. The monoisotopic (exact) mass is 347 g/mol. The third-order valence-electron chi connectivity index (χ3n) is 5.19. The van der Waals surface area contributed by atoms with Crippen molar-refractivity contribution >= 4 is 11.8 Å². The van der Waals surface area contributed by atoms with Crippen molar-refractivity contribution in [3.05, 3.63) is 24.0 Å². The fraction of sp³-hybridized carbons (Fsp3) is 0.611. The fourth-order valence-corrected chi connectivity index (χ4v) is 4.31. The van der Waals surface area contributed by atoms with Gasteiger partial charge in [-0.3, -0.25) is 14.6 Å². The van der Waals surface area contributed by atoms with Crippen LogP contribution < -0.4 is 5.32 Å². The van der Waals surface area contributed by atoms with E-state index in [4.69, 9.17) is 4.74 Å². The predicted octanol–water partition coefficient (Wildman–Crippen LogP) is 1.47. The molecule has 2 aliphatic rings. The summed E-state index contributed by atoms with van der Waals surface area (Å²) in [7, 11) is 1.60. The Balaban J connectivity index is 1.94. The minimum Gasteiger partial charge on any atom is -0.506 e. The summed E-state index contributed by atoms with van der Waals surface area (Å²) in [5, 5.41) is 12.3. The van der Waals surface area contributed by atoms with Gasteiger partial charge in [0.15, 0.2) is 0 Å². The van der Waals surface area contributed by atoms with Gasteiger partial charge in [0.1, 0.15) is 5.75 Å². The van der Waals surface area contributed by atoms with Gasteiger partial charge in [0.2, 0.25) is 5.91 Å². The fourth-order valence-electron chi connectivity index (χ4n) is 4.31. The maximum Gasteiger partial charge on any atom is 0.256 e. The molecule has 2 N–H and O–H groups in total. The molecule has 1 aromatic rings. The molecule has 25 heavy (non-hydrogen) atoms. The maximum absolute atomic E-state index is 13.1. The number of aromatic nitrogens is 1. The summed E-state index contributed by atoms with van der Waals surface area (Å²) in [5.41, 5.74) is -0.554. The standard InChI is InChI=1S/C18H25N3O4/c1-17(2)11-18(14(25-17)8-15(23)19-3)5-4-6-21(18)16(24)12-7-13(22)10-20-9-12/h7,9-10,14,22H,4-6,8,11H2,1-3H3,(H,19,23)/t14-,18+/m0/s1. The van der Waals surface area contributed by atoms with Gasteiger partial charge in [-0.25, -0.2) is 0 Å². The van der Waals surface area contributed by atoms with Crippen molar-refractivity contribution in [1.29, 1.82) is 0 Å². The Bertz CT molecular complexity index is 691. The lowest BCUT2D eigenvalue weighted by atomic mass is 9.82. The third-order valence-corrected chi connectivity index (χ3v) is 5.19. The van der Waals surface area contributed by atoms with E-state index in [1.807, 2.05) is 18.7 Å². The molecule has 2 amide bonds. The average Bonchev–Trinajstić information content (AvgIpc) is 3.07. The van der Waals surface area contributed by atoms with Crippen molar-refractivity contribution in [3.8, 4) is 5.75 Å². The first-order valence-electron chi connectivity index (χ1n) is 8.62. The van der Waals surface area contributed by atoms with E-state index in [0.717, 1.165) is 12.8 Å². The van der Waals surface area contributed by atoms with Gasteiger partial charge in [-0.1, -0.05) is 0 Å². The van der Waals surface area contributed by atoms with Gasteiger partial charge in [0.05, 0.1) is 35.4 Å². The lowest BCUT2D eigenvalue weighted by Crippen LogP contribution is -2.53. The second kappa shape index (κ2) is 6.29. The van der Waals surface area contributed by atoms with Crippen LogP contribution in [-0.2, 0) is 9.53 Å². The van der Waals surface area contributed by atoms with Crippen molar-refractivity contribution < 1.29 is 19.4 Å². The average molecular weight is 347 g/mol. The van der Waals surface area contributed by atoms with Gasteiger partial charge in [0, 0.05) is 26.2 Å². The number of carbonyl (C=O) groups excluding carboxylic acids is 2. The molecule has 3 rings (SSSR count). The topological polar surface area (TPSA) is 91.8 Å². The summed E-state index contributed by atoms with van der Waals surface area (Å²) < 4.78 is 6.18. The molecule has 0 saturated carbocycles. The van der Waals surface area contributed by atoms with E-state index >= 15 is 0 Å². The number of likely N-dealkylation sites (tertiary alicyclic amines) is 1. The van der Waals surface area contributed by atoms with E-state index < -0.39 is 11.1 Å². The number of ether oxygens (including phenoxy) is 1. The number of amides is 2. The smallest absolute Gasteiger partial charge is 0.256 e. The molecule has 0 radical (unpaired) electrons. The van der Waals surface area contributed by atoms with Gasteiger partial charge < -0.3 is 20.1 Å². The Morgan fingerprint density at radius 3 is 2.88 bits per heavy atom. The van der Waals surface area contributed by atoms with Crippen molar-refractivity contribution in [3.63, 3.8) is 0 Å². The van der Waals surface area contributed by atoms with Gasteiger partial charge in [-0.2, -0.15) is 0 Å². The molecule has 2 atom stereocenters. The highest BCUT2D eigenvalue weighted by molar-refractivity contribution is 5.95. The molecule has 1 aromatic heterocycles. The number of rotatable bonds is 3. The number of carbonyl (C=O) groups is 2. The van der Waals surface area contributed by atoms with E-state index in [-0.39, 0.29) is 30.1 Å². The SMILES string of the molecule is CNC(=O)C[C@@H]1OC(C)(C)C[C@]12CCCN2C(=O)c1cncc(O)c1. The quantitative estimate of drug-likeness (QED) is 0.864. The normalized spacial score (nSPS) is 27.6. The van der Waals surface area contributed by atoms with Crippen molar-refractivity contribution in [2.75, 3.05) is 13.6 Å². The van der Waals surface area contributed by atoms with Crippen LogP contribution in [0.3, 0.4) is 0 Å². The minimum atomic E-state index is -0.501. The molecule has 2 saturated heterocycles. The number of pyridine rings is 1. The highest BCUT2D eigenvalue weighted by Crippen LogP contribution is 2.49. The summed E-state index contributed by atoms with van der Waals surface area (Å²) in [4.78, 5) is 30.8. The molecule has 3 heterocycles. The van der Waals surface area contributed by atoms with E-state index in [1.54, 1.807) is 7.05 Å². The number of nitrogens with zero attached hydrogens (tertiary/aromatic N) is 2. The van der Waals surface area contributed by atoms with Crippen LogP contribution in [-0.4, -0.2) is 57.6 Å². The zero-order valence-corrected chi connectivity index (χ0v) is 14.9. The van der Waals surface area contributed by atoms with Crippen LogP contribution in [0, 0.1) is 0 Å². The highest BCUT2D eigenvalue weighted by Gasteiger charge is 2.58. The molecule has 2 fully saturated rings. The number of hydrogen-bond acceptors (Lipinski definition) is 5. The van der Waals surface area contributed by atoms with E-state index in [2.05, 4.69) is 10.3 Å². The van der Waals surface area contributed by atoms with Crippen molar-refractivity contribution in [2.45, 2.75) is 56.8 Å². The molecule has 2 aliphatic heterocycles. The van der Waals surface area contributed by atoms with Crippen LogP contribution in [0.5, 0.6) is 5.75 Å². The molecule has 0 aliphatic carbocycles. The summed E-state index contributed by atoms with van der Waals surface area (Å²) in [6.07, 6.45) is 4.98. The molecule has 0 bridgehead atoms. The molecule has 0 unspecified atom stereocenters. The molecule has 7 heteroatoms. The van der Waals surface area contributed by atoms with Gasteiger partial charge in [0.25, 0.3) is 5.91 Å². The van der Waals surface area contributed by atoms with E-state index in [9.17, 15) is 14.7 Å². The Morgan fingerprint density at radius 2 is 2.20 bits per heavy atom.